The van der Waals surface area contributed by atoms with Crippen molar-refractivity contribution in [2.45, 2.75) is 97.8 Å². The molecule has 1 heteroatoms. The van der Waals surface area contributed by atoms with Crippen LogP contribution in [0.15, 0.2) is 48.5 Å². The fraction of sp³-hybridized carbons (Fsp3) is 0.548. The molecule has 0 aliphatic heterocycles. The Morgan fingerprint density at radius 1 is 0.594 bits per heavy atom. The van der Waals surface area contributed by atoms with Crippen LogP contribution in [-0.4, -0.2) is 13.1 Å². The third-order valence-corrected chi connectivity index (χ3v) is 6.51. The van der Waals surface area contributed by atoms with Crippen molar-refractivity contribution in [1.82, 2.24) is 0 Å². The van der Waals surface area contributed by atoms with E-state index < -0.39 is 0 Å². The Kier molecular flexibility index (Phi) is 12.9. The molecule has 2 aromatic carbocycles. The van der Waals surface area contributed by atoms with Gasteiger partial charge in [-0.05, 0) is 60.4 Å². The van der Waals surface area contributed by atoms with Gasteiger partial charge in [-0.25, -0.2) is 0 Å². The molecule has 0 aromatic heterocycles. The van der Waals surface area contributed by atoms with Crippen LogP contribution in [0, 0.1) is 0 Å². The first kappa shape index (κ1) is 26.2. The standard InChI is InChI=1S/C31H47N/c1-5-9-13-29(14-10-6-2)30-21-17-27(18-22-30)15-16-28-19-23-31(24-20-28)32(25-11-7-3)26-12-8-4/h15-24,29H,5-14,25-26H2,1-4H3/b16-15+. The smallest absolute Gasteiger partial charge is 0.0366 e. The predicted molar refractivity (Wildman–Crippen MR) is 146 cm³/mol. The minimum absolute atomic E-state index is 0.726. The van der Waals surface area contributed by atoms with Gasteiger partial charge in [0.25, 0.3) is 0 Å². The molecule has 0 fully saturated rings. The van der Waals surface area contributed by atoms with Crippen molar-refractivity contribution in [3.05, 3.63) is 65.2 Å². The quantitative estimate of drug-likeness (QED) is 0.238. The first-order valence-corrected chi connectivity index (χ1v) is 13.3. The van der Waals surface area contributed by atoms with Gasteiger partial charge < -0.3 is 4.90 Å². The molecule has 0 amide bonds. The van der Waals surface area contributed by atoms with E-state index in [-0.39, 0.29) is 0 Å². The van der Waals surface area contributed by atoms with Gasteiger partial charge in [-0.15, -0.1) is 0 Å². The molecular formula is C31H47N. The van der Waals surface area contributed by atoms with Crippen LogP contribution < -0.4 is 4.90 Å². The number of rotatable bonds is 16. The van der Waals surface area contributed by atoms with Crippen LogP contribution in [0.2, 0.25) is 0 Å². The molecule has 0 heterocycles. The zero-order valence-corrected chi connectivity index (χ0v) is 21.3. The molecule has 1 nitrogen and oxygen atoms in total. The summed E-state index contributed by atoms with van der Waals surface area (Å²) >= 11 is 0. The SMILES string of the molecule is CCCCC(CCCC)c1ccc(/C=C/c2ccc(N(CCCC)CCCC)cc2)cc1. The van der Waals surface area contributed by atoms with Crippen molar-refractivity contribution >= 4 is 17.8 Å². The Balaban J connectivity index is 2.01. The Morgan fingerprint density at radius 2 is 1.03 bits per heavy atom. The van der Waals surface area contributed by atoms with Crippen LogP contribution in [0.25, 0.3) is 12.2 Å². The summed E-state index contributed by atoms with van der Waals surface area (Å²) in [5.41, 5.74) is 5.44. The summed E-state index contributed by atoms with van der Waals surface area (Å²) in [6.07, 6.45) is 17.4. The molecular weight excluding hydrogens is 386 g/mol. The number of hydrogen-bond donors (Lipinski definition) is 0. The van der Waals surface area contributed by atoms with Crippen LogP contribution in [0.1, 0.15) is 115 Å². The summed E-state index contributed by atoms with van der Waals surface area (Å²) in [7, 11) is 0. The van der Waals surface area contributed by atoms with Crippen molar-refractivity contribution < 1.29 is 0 Å². The molecule has 2 rings (SSSR count). The molecule has 176 valence electrons. The molecule has 0 spiro atoms. The number of hydrogen-bond acceptors (Lipinski definition) is 1. The van der Waals surface area contributed by atoms with Gasteiger partial charge in [-0.1, -0.05) is 115 Å². The molecule has 0 unspecified atom stereocenters. The van der Waals surface area contributed by atoms with Crippen molar-refractivity contribution in [2.24, 2.45) is 0 Å². The van der Waals surface area contributed by atoms with Crippen molar-refractivity contribution in [3.8, 4) is 0 Å². The van der Waals surface area contributed by atoms with Gasteiger partial charge in [0, 0.05) is 18.8 Å². The molecule has 2 aromatic rings. The van der Waals surface area contributed by atoms with E-state index in [0.717, 1.165) is 19.0 Å². The summed E-state index contributed by atoms with van der Waals surface area (Å²) < 4.78 is 0. The molecule has 0 bridgehead atoms. The van der Waals surface area contributed by atoms with E-state index in [9.17, 15) is 0 Å². The highest BCUT2D eigenvalue weighted by Gasteiger charge is 2.10. The summed E-state index contributed by atoms with van der Waals surface area (Å²) in [5.74, 6) is 0.726. The van der Waals surface area contributed by atoms with E-state index in [2.05, 4.69) is 93.3 Å². The van der Waals surface area contributed by atoms with E-state index in [0.29, 0.717) is 0 Å². The van der Waals surface area contributed by atoms with Gasteiger partial charge in [-0.3, -0.25) is 0 Å². The Hall–Kier alpha value is -2.02. The maximum atomic E-state index is 2.55. The highest BCUT2D eigenvalue weighted by molar-refractivity contribution is 5.70. The van der Waals surface area contributed by atoms with Gasteiger partial charge in [0.15, 0.2) is 0 Å². The molecule has 0 N–H and O–H groups in total. The zero-order chi connectivity index (χ0) is 23.0. The van der Waals surface area contributed by atoms with E-state index >= 15 is 0 Å². The van der Waals surface area contributed by atoms with E-state index in [1.807, 2.05) is 0 Å². The predicted octanol–water partition coefficient (Wildman–Crippen LogP) is 9.73. The lowest BCUT2D eigenvalue weighted by molar-refractivity contribution is 0.525. The first-order valence-electron chi connectivity index (χ1n) is 13.3. The highest BCUT2D eigenvalue weighted by atomic mass is 15.1. The summed E-state index contributed by atoms with van der Waals surface area (Å²) in [5, 5.41) is 0. The Morgan fingerprint density at radius 3 is 1.47 bits per heavy atom. The van der Waals surface area contributed by atoms with Gasteiger partial charge in [-0.2, -0.15) is 0 Å². The third-order valence-electron chi connectivity index (χ3n) is 6.51. The number of benzene rings is 2. The average molecular weight is 434 g/mol. The molecule has 0 radical (unpaired) electrons. The maximum absolute atomic E-state index is 2.55. The third kappa shape index (κ3) is 9.23. The minimum Gasteiger partial charge on any atom is -0.372 e. The van der Waals surface area contributed by atoms with E-state index in [4.69, 9.17) is 0 Å². The highest BCUT2D eigenvalue weighted by Crippen LogP contribution is 2.28. The van der Waals surface area contributed by atoms with E-state index in [1.54, 1.807) is 0 Å². The van der Waals surface area contributed by atoms with Crippen LogP contribution in [-0.2, 0) is 0 Å². The van der Waals surface area contributed by atoms with Gasteiger partial charge in [0.2, 0.25) is 0 Å². The van der Waals surface area contributed by atoms with Gasteiger partial charge >= 0.3 is 0 Å². The summed E-state index contributed by atoms with van der Waals surface area (Å²) in [4.78, 5) is 2.55. The Bertz CT molecular complexity index is 660. The number of nitrogens with zero attached hydrogens (tertiary/aromatic N) is 1. The lowest BCUT2D eigenvalue weighted by Crippen LogP contribution is -2.25. The molecule has 0 atom stereocenters. The molecule has 0 saturated carbocycles. The van der Waals surface area contributed by atoms with Gasteiger partial charge in [0.1, 0.15) is 0 Å². The van der Waals surface area contributed by atoms with Gasteiger partial charge in [0.05, 0.1) is 0 Å². The maximum Gasteiger partial charge on any atom is 0.0366 e. The van der Waals surface area contributed by atoms with Crippen molar-refractivity contribution in [3.63, 3.8) is 0 Å². The largest absolute Gasteiger partial charge is 0.372 e. The van der Waals surface area contributed by atoms with Crippen LogP contribution in [0.3, 0.4) is 0 Å². The molecule has 0 saturated heterocycles. The summed E-state index contributed by atoms with van der Waals surface area (Å²) in [6.45, 7) is 11.5. The first-order chi connectivity index (χ1) is 15.7. The lowest BCUT2D eigenvalue weighted by Gasteiger charge is -2.24. The van der Waals surface area contributed by atoms with Crippen LogP contribution >= 0.6 is 0 Å². The zero-order valence-electron chi connectivity index (χ0n) is 21.3. The lowest BCUT2D eigenvalue weighted by atomic mass is 9.88. The fourth-order valence-corrected chi connectivity index (χ4v) is 4.31. The van der Waals surface area contributed by atoms with Crippen LogP contribution in [0.5, 0.6) is 0 Å². The topological polar surface area (TPSA) is 3.24 Å². The second kappa shape index (κ2) is 15.7. The normalized spacial score (nSPS) is 11.5. The Labute approximate surface area is 198 Å². The molecule has 0 aliphatic carbocycles. The average Bonchev–Trinajstić information content (AvgIpc) is 2.84. The van der Waals surface area contributed by atoms with Crippen molar-refractivity contribution in [2.75, 3.05) is 18.0 Å². The van der Waals surface area contributed by atoms with E-state index in [1.165, 1.54) is 86.6 Å². The molecule has 0 aliphatic rings. The monoisotopic (exact) mass is 433 g/mol. The molecule has 32 heavy (non-hydrogen) atoms. The second-order valence-electron chi connectivity index (χ2n) is 9.27. The van der Waals surface area contributed by atoms with Crippen LogP contribution in [0.4, 0.5) is 5.69 Å². The fourth-order valence-electron chi connectivity index (χ4n) is 4.31. The van der Waals surface area contributed by atoms with Crippen molar-refractivity contribution in [1.29, 1.82) is 0 Å². The minimum atomic E-state index is 0.726. The number of anilines is 1. The number of unbranched alkanes of at least 4 members (excludes halogenated alkanes) is 4. The summed E-state index contributed by atoms with van der Waals surface area (Å²) in [6, 6.07) is 18.4. The second-order valence-corrected chi connectivity index (χ2v) is 9.27.